The van der Waals surface area contributed by atoms with Crippen molar-refractivity contribution in [1.82, 2.24) is 25.2 Å². The zero-order valence-corrected chi connectivity index (χ0v) is 18.8. The molecule has 10 nitrogen and oxygen atoms in total. The van der Waals surface area contributed by atoms with Crippen molar-refractivity contribution in [3.8, 4) is 11.3 Å². The van der Waals surface area contributed by atoms with E-state index in [0.29, 0.717) is 33.7 Å². The molecule has 2 aromatic heterocycles. The van der Waals surface area contributed by atoms with E-state index in [1.54, 1.807) is 59.5 Å². The molecule has 2 heterocycles. The molecule has 1 aromatic carbocycles. The van der Waals surface area contributed by atoms with E-state index in [1.165, 1.54) is 19.5 Å². The summed E-state index contributed by atoms with van der Waals surface area (Å²) in [6.07, 6.45) is 1.45. The van der Waals surface area contributed by atoms with Crippen molar-refractivity contribution in [3.63, 3.8) is 0 Å². The molecule has 5 N–H and O–H groups in total. The number of nitrogens with one attached hydrogen (secondary N) is 3. The molecule has 0 bridgehead atoms. The highest BCUT2D eigenvalue weighted by atomic mass is 19.4. The van der Waals surface area contributed by atoms with Gasteiger partial charge in [-0.2, -0.15) is 18.3 Å². The topological polar surface area (TPSA) is 139 Å². The van der Waals surface area contributed by atoms with Crippen molar-refractivity contribution < 1.29 is 22.8 Å². The summed E-state index contributed by atoms with van der Waals surface area (Å²) in [5, 5.41) is 11.0. The Kier molecular flexibility index (Phi) is 7.69. The van der Waals surface area contributed by atoms with Crippen LogP contribution in [0, 0.1) is 0 Å². The number of fused-ring (bicyclic) bond motifs is 1. The van der Waals surface area contributed by atoms with Crippen molar-refractivity contribution >= 4 is 35.1 Å². The minimum atomic E-state index is -4.51. The largest absolute Gasteiger partial charge is 0.405 e. The van der Waals surface area contributed by atoms with E-state index in [1.807, 2.05) is 0 Å². The molecule has 0 saturated carbocycles. The lowest BCUT2D eigenvalue weighted by atomic mass is 10.1. The fourth-order valence-corrected chi connectivity index (χ4v) is 3.03. The van der Waals surface area contributed by atoms with Crippen molar-refractivity contribution in [2.45, 2.75) is 19.1 Å². The number of anilines is 1. The van der Waals surface area contributed by atoms with Gasteiger partial charge in [-0.15, -0.1) is 0 Å². The number of carbonyl (C=O) groups is 2. The molecule has 1 atom stereocenters. The first-order chi connectivity index (χ1) is 16.6. The van der Waals surface area contributed by atoms with Crippen LogP contribution >= 0.6 is 0 Å². The minimum Gasteiger partial charge on any atom is -0.404 e. The van der Waals surface area contributed by atoms with Crippen LogP contribution in [0.1, 0.15) is 12.5 Å². The van der Waals surface area contributed by atoms with E-state index in [0.717, 1.165) is 0 Å². The number of hydrogen-bond donors (Lipinski definition) is 4. The summed E-state index contributed by atoms with van der Waals surface area (Å²) in [6, 6.07) is 6.68. The van der Waals surface area contributed by atoms with Crippen LogP contribution in [0.5, 0.6) is 0 Å². The molecule has 0 aliphatic carbocycles. The fourth-order valence-electron chi connectivity index (χ4n) is 3.03. The first kappa shape index (κ1) is 25.2. The molecule has 0 aliphatic heterocycles. The van der Waals surface area contributed by atoms with Crippen molar-refractivity contribution in [1.29, 1.82) is 0 Å². The van der Waals surface area contributed by atoms with Gasteiger partial charge in [0.15, 0.2) is 5.65 Å². The number of nitrogens with zero attached hydrogens (tertiary/aromatic N) is 4. The van der Waals surface area contributed by atoms with Crippen LogP contribution in [0.3, 0.4) is 0 Å². The number of allylic oxidation sites excluding steroid dienone is 1. The SMILES string of the molecule is CNC(=O)C(C)N=CC(=CN)c1cnn2c(-c3cccc(NC(=O)NCC(F)(F)F)c3)cnc2c1. The molecule has 3 rings (SSSR count). The predicted octanol–water partition coefficient (Wildman–Crippen LogP) is 2.58. The number of rotatable bonds is 7. The van der Waals surface area contributed by atoms with Crippen molar-refractivity contribution in [2.24, 2.45) is 10.7 Å². The number of alkyl halides is 3. The molecular weight excluding hydrogens is 465 g/mol. The van der Waals surface area contributed by atoms with Crippen LogP contribution in [0.25, 0.3) is 22.5 Å². The third kappa shape index (κ3) is 6.56. The van der Waals surface area contributed by atoms with Crippen LogP contribution < -0.4 is 21.7 Å². The molecule has 1 unspecified atom stereocenters. The Labute approximate surface area is 198 Å². The molecule has 0 aliphatic rings. The molecule has 3 aromatic rings. The van der Waals surface area contributed by atoms with Crippen LogP contribution in [-0.4, -0.2) is 58.6 Å². The lowest BCUT2D eigenvalue weighted by molar-refractivity contribution is -0.123. The van der Waals surface area contributed by atoms with Gasteiger partial charge in [-0.05, 0) is 25.1 Å². The highest BCUT2D eigenvalue weighted by molar-refractivity contribution is 6.10. The second-order valence-corrected chi connectivity index (χ2v) is 7.35. The van der Waals surface area contributed by atoms with E-state index >= 15 is 0 Å². The van der Waals surface area contributed by atoms with Crippen LogP contribution in [0.4, 0.5) is 23.7 Å². The van der Waals surface area contributed by atoms with Gasteiger partial charge in [-0.25, -0.2) is 14.3 Å². The number of likely N-dealkylation sites (N-methyl/N-ethyl adjacent to an activating group) is 1. The normalized spacial score (nSPS) is 13.1. The lowest BCUT2D eigenvalue weighted by Gasteiger charge is -2.10. The number of aliphatic imine (C=N–C) groups is 1. The highest BCUT2D eigenvalue weighted by Gasteiger charge is 2.27. The maximum atomic E-state index is 12.3. The maximum absolute atomic E-state index is 12.3. The monoisotopic (exact) mass is 488 g/mol. The number of carbonyl (C=O) groups excluding carboxylic acids is 2. The summed E-state index contributed by atoms with van der Waals surface area (Å²) in [4.78, 5) is 31.9. The van der Waals surface area contributed by atoms with E-state index in [2.05, 4.69) is 25.7 Å². The van der Waals surface area contributed by atoms with E-state index in [4.69, 9.17) is 5.73 Å². The molecule has 35 heavy (non-hydrogen) atoms. The smallest absolute Gasteiger partial charge is 0.404 e. The quantitative estimate of drug-likeness (QED) is 0.379. The summed E-state index contributed by atoms with van der Waals surface area (Å²) in [5.74, 6) is -0.237. The Morgan fingerprint density at radius 1 is 1.26 bits per heavy atom. The summed E-state index contributed by atoms with van der Waals surface area (Å²) in [6.45, 7) is 0.210. The lowest BCUT2D eigenvalue weighted by Crippen LogP contribution is -2.36. The predicted molar refractivity (Wildman–Crippen MR) is 126 cm³/mol. The van der Waals surface area contributed by atoms with Crippen molar-refractivity contribution in [3.05, 3.63) is 54.5 Å². The zero-order valence-electron chi connectivity index (χ0n) is 18.8. The van der Waals surface area contributed by atoms with E-state index < -0.39 is 24.8 Å². The minimum absolute atomic E-state index is 0.237. The number of imidazole rings is 1. The Morgan fingerprint density at radius 2 is 2.03 bits per heavy atom. The number of hydrogen-bond acceptors (Lipinski definition) is 6. The molecule has 3 amide bonds. The summed E-state index contributed by atoms with van der Waals surface area (Å²) in [7, 11) is 1.52. The first-order valence-electron chi connectivity index (χ1n) is 10.3. The third-order valence-electron chi connectivity index (χ3n) is 4.80. The second kappa shape index (κ2) is 10.7. The average Bonchev–Trinajstić information content (AvgIpc) is 3.25. The van der Waals surface area contributed by atoms with Crippen LogP contribution in [0.2, 0.25) is 0 Å². The van der Waals surface area contributed by atoms with Crippen LogP contribution in [-0.2, 0) is 4.79 Å². The molecule has 0 radical (unpaired) electrons. The Morgan fingerprint density at radius 3 is 2.71 bits per heavy atom. The first-order valence-corrected chi connectivity index (χ1v) is 10.3. The maximum Gasteiger partial charge on any atom is 0.405 e. The van der Waals surface area contributed by atoms with Gasteiger partial charge >= 0.3 is 12.2 Å². The highest BCUT2D eigenvalue weighted by Crippen LogP contribution is 2.24. The van der Waals surface area contributed by atoms with Gasteiger partial charge in [-0.1, -0.05) is 12.1 Å². The Balaban J connectivity index is 1.81. The third-order valence-corrected chi connectivity index (χ3v) is 4.80. The van der Waals surface area contributed by atoms with Gasteiger partial charge in [0.25, 0.3) is 0 Å². The molecule has 0 spiro atoms. The molecule has 0 saturated heterocycles. The zero-order chi connectivity index (χ0) is 25.6. The molecule has 184 valence electrons. The number of halogens is 3. The molecule has 13 heteroatoms. The van der Waals surface area contributed by atoms with Gasteiger partial charge in [0.2, 0.25) is 5.91 Å². The van der Waals surface area contributed by atoms with Gasteiger partial charge in [0.1, 0.15) is 12.6 Å². The fraction of sp³-hybridized carbons (Fsp3) is 0.227. The number of aromatic nitrogens is 3. The number of amides is 3. The average molecular weight is 488 g/mol. The van der Waals surface area contributed by atoms with Gasteiger partial charge in [0.05, 0.1) is 18.1 Å². The molecular formula is C22H23F3N8O2. The van der Waals surface area contributed by atoms with E-state index in [9.17, 15) is 22.8 Å². The van der Waals surface area contributed by atoms with Crippen LogP contribution in [0.15, 0.2) is 53.9 Å². The number of benzene rings is 1. The number of urea groups is 1. The van der Waals surface area contributed by atoms with Gasteiger partial charge < -0.3 is 21.7 Å². The van der Waals surface area contributed by atoms with E-state index in [-0.39, 0.29) is 5.91 Å². The standard InChI is InChI=1S/C22H23F3N8O2/c1-13(20(34)27-2)28-9-16(8-26)15-7-19-29-11-18(33(19)31-10-15)14-4-3-5-17(6-14)32-21(35)30-12-22(23,24)25/h3-11,13H,12,26H2,1-2H3,(H,27,34)(H2,30,32,35). The van der Waals surface area contributed by atoms with Gasteiger partial charge in [-0.3, -0.25) is 9.79 Å². The Bertz CT molecular complexity index is 1280. The summed E-state index contributed by atoms with van der Waals surface area (Å²) in [5.41, 5.74) is 8.90. The molecule has 0 fully saturated rings. The Hall–Kier alpha value is -4.42. The van der Waals surface area contributed by atoms with Crippen molar-refractivity contribution in [2.75, 3.05) is 18.9 Å². The number of nitrogens with two attached hydrogens (primary N) is 1. The second-order valence-electron chi connectivity index (χ2n) is 7.35. The van der Waals surface area contributed by atoms with Gasteiger partial charge in [0, 0.05) is 41.8 Å². The summed E-state index contributed by atoms with van der Waals surface area (Å²) < 4.78 is 38.4. The summed E-state index contributed by atoms with van der Waals surface area (Å²) >= 11 is 0.